The number of amidine groups is 1. The van der Waals surface area contributed by atoms with Gasteiger partial charge in [0.2, 0.25) is 0 Å². The lowest BCUT2D eigenvalue weighted by atomic mass is 10.1. The van der Waals surface area contributed by atoms with Crippen molar-refractivity contribution in [2.75, 3.05) is 11.4 Å². The van der Waals surface area contributed by atoms with Gasteiger partial charge in [-0.25, -0.2) is 0 Å². The van der Waals surface area contributed by atoms with Gasteiger partial charge in [-0.3, -0.25) is 4.99 Å². The van der Waals surface area contributed by atoms with Crippen LogP contribution in [0.25, 0.3) is 0 Å². The van der Waals surface area contributed by atoms with E-state index in [2.05, 4.69) is 47.5 Å². The van der Waals surface area contributed by atoms with E-state index in [9.17, 15) is 0 Å². The van der Waals surface area contributed by atoms with Crippen molar-refractivity contribution in [2.24, 2.45) is 4.99 Å². The molecule has 2 aromatic rings. The maximum absolute atomic E-state index is 4.98. The predicted molar refractivity (Wildman–Crippen MR) is 83.5 cm³/mol. The van der Waals surface area contributed by atoms with Crippen LogP contribution in [-0.2, 0) is 0 Å². The highest BCUT2D eigenvalue weighted by atomic mass is 32.2. The Kier molecular flexibility index (Phi) is 2.67. The summed E-state index contributed by atoms with van der Waals surface area (Å²) in [5, 5.41) is 3.35. The Bertz CT molecular complexity index is 660. The first-order valence-electron chi connectivity index (χ1n) is 6.49. The Morgan fingerprint density at radius 1 is 1.26 bits per heavy atom. The number of anilines is 1. The Hall–Kier alpha value is -1.26. The van der Waals surface area contributed by atoms with Gasteiger partial charge in [-0.2, -0.15) is 0 Å². The summed E-state index contributed by atoms with van der Waals surface area (Å²) in [6.07, 6.45) is 1.11. The molecule has 0 bridgehead atoms. The van der Waals surface area contributed by atoms with Crippen LogP contribution in [0.5, 0.6) is 0 Å². The van der Waals surface area contributed by atoms with Crippen LogP contribution in [0.2, 0.25) is 0 Å². The third-order valence-electron chi connectivity index (χ3n) is 3.68. The fraction of sp³-hybridized carbons (Fsp3) is 0.267. The SMILES string of the molecule is Cc1ccsc1C1CCN2C(=N1)Sc1ccccc12. The number of aliphatic imine (C=N–C) groups is 1. The minimum absolute atomic E-state index is 0.355. The zero-order valence-electron chi connectivity index (χ0n) is 10.7. The van der Waals surface area contributed by atoms with Gasteiger partial charge in [-0.15, -0.1) is 11.3 Å². The number of fused-ring (bicyclic) bond motifs is 3. The summed E-state index contributed by atoms with van der Waals surface area (Å²) in [6, 6.07) is 11.1. The van der Waals surface area contributed by atoms with Crippen molar-refractivity contribution in [3.05, 3.63) is 46.2 Å². The molecule has 3 heterocycles. The molecule has 0 fully saturated rings. The molecule has 0 radical (unpaired) electrons. The number of nitrogens with zero attached hydrogens (tertiary/aromatic N) is 2. The molecule has 0 spiro atoms. The number of aryl methyl sites for hydroxylation is 1. The van der Waals surface area contributed by atoms with Crippen LogP contribution in [0.15, 0.2) is 45.6 Å². The zero-order valence-corrected chi connectivity index (χ0v) is 12.3. The third kappa shape index (κ3) is 1.82. The van der Waals surface area contributed by atoms with Crippen LogP contribution < -0.4 is 4.90 Å². The summed E-state index contributed by atoms with van der Waals surface area (Å²) in [5.74, 6) is 0. The molecule has 1 unspecified atom stereocenters. The summed E-state index contributed by atoms with van der Waals surface area (Å²) in [5.41, 5.74) is 2.71. The van der Waals surface area contributed by atoms with E-state index in [4.69, 9.17) is 4.99 Å². The molecule has 0 saturated heterocycles. The Morgan fingerprint density at radius 2 is 2.16 bits per heavy atom. The van der Waals surface area contributed by atoms with E-state index in [0.717, 1.165) is 13.0 Å². The summed E-state index contributed by atoms with van der Waals surface area (Å²) in [6.45, 7) is 3.26. The molecular formula is C15H14N2S2. The van der Waals surface area contributed by atoms with Crippen LogP contribution in [-0.4, -0.2) is 11.7 Å². The highest BCUT2D eigenvalue weighted by molar-refractivity contribution is 8.14. The fourth-order valence-corrected chi connectivity index (χ4v) is 4.81. The molecule has 1 aromatic heterocycles. The molecule has 0 saturated carbocycles. The van der Waals surface area contributed by atoms with Gasteiger partial charge in [0.25, 0.3) is 0 Å². The minimum Gasteiger partial charge on any atom is -0.320 e. The topological polar surface area (TPSA) is 15.6 Å². The van der Waals surface area contributed by atoms with E-state index in [1.54, 1.807) is 0 Å². The van der Waals surface area contributed by atoms with Crippen molar-refractivity contribution in [2.45, 2.75) is 24.3 Å². The highest BCUT2D eigenvalue weighted by Crippen LogP contribution is 2.44. The summed E-state index contributed by atoms with van der Waals surface area (Å²) < 4.78 is 0. The minimum atomic E-state index is 0.355. The van der Waals surface area contributed by atoms with Gasteiger partial charge in [-0.05, 0) is 54.2 Å². The van der Waals surface area contributed by atoms with E-state index >= 15 is 0 Å². The number of para-hydroxylation sites is 1. The maximum Gasteiger partial charge on any atom is 0.169 e. The van der Waals surface area contributed by atoms with E-state index < -0.39 is 0 Å². The number of thioether (sulfide) groups is 1. The number of rotatable bonds is 1. The monoisotopic (exact) mass is 286 g/mol. The summed E-state index contributed by atoms with van der Waals surface area (Å²) in [4.78, 5) is 10.1. The van der Waals surface area contributed by atoms with Gasteiger partial charge in [0.05, 0.1) is 11.7 Å². The first-order valence-corrected chi connectivity index (χ1v) is 8.19. The van der Waals surface area contributed by atoms with Gasteiger partial charge in [0.15, 0.2) is 5.17 Å². The van der Waals surface area contributed by atoms with Gasteiger partial charge in [-0.1, -0.05) is 12.1 Å². The quantitative estimate of drug-likeness (QED) is 0.768. The smallest absolute Gasteiger partial charge is 0.169 e. The third-order valence-corrected chi connectivity index (χ3v) is 5.88. The van der Waals surface area contributed by atoms with E-state index in [-0.39, 0.29) is 0 Å². The largest absolute Gasteiger partial charge is 0.320 e. The van der Waals surface area contributed by atoms with Gasteiger partial charge >= 0.3 is 0 Å². The van der Waals surface area contributed by atoms with Crippen LogP contribution >= 0.6 is 23.1 Å². The average molecular weight is 286 g/mol. The molecule has 2 aliphatic heterocycles. The number of benzene rings is 1. The molecule has 0 N–H and O–H groups in total. The molecule has 4 heteroatoms. The second-order valence-electron chi connectivity index (χ2n) is 4.91. The Morgan fingerprint density at radius 3 is 3.00 bits per heavy atom. The van der Waals surface area contributed by atoms with Crippen molar-refractivity contribution in [1.82, 2.24) is 0 Å². The normalized spacial score (nSPS) is 21.0. The molecular weight excluding hydrogens is 272 g/mol. The maximum atomic E-state index is 4.98. The van der Waals surface area contributed by atoms with Gasteiger partial charge < -0.3 is 4.90 Å². The molecule has 19 heavy (non-hydrogen) atoms. The summed E-state index contributed by atoms with van der Waals surface area (Å²) >= 11 is 3.65. The van der Waals surface area contributed by atoms with Crippen molar-refractivity contribution < 1.29 is 0 Å². The van der Waals surface area contributed by atoms with E-state index in [1.165, 1.54) is 26.2 Å². The fourth-order valence-electron chi connectivity index (χ4n) is 2.70. The van der Waals surface area contributed by atoms with Crippen molar-refractivity contribution in [3.63, 3.8) is 0 Å². The van der Waals surface area contributed by atoms with Crippen molar-refractivity contribution in [1.29, 1.82) is 0 Å². The Balaban J connectivity index is 1.71. The molecule has 1 atom stereocenters. The lowest BCUT2D eigenvalue weighted by Crippen LogP contribution is -2.31. The standard InChI is InChI=1S/C15H14N2S2/c1-10-7-9-18-14(10)11-6-8-17-12-4-2-3-5-13(12)19-15(17)16-11/h2-5,7,9,11H,6,8H2,1H3. The zero-order chi connectivity index (χ0) is 12.8. The molecule has 2 nitrogen and oxygen atoms in total. The lowest BCUT2D eigenvalue weighted by Gasteiger charge is -2.27. The average Bonchev–Trinajstić information content (AvgIpc) is 3.01. The summed E-state index contributed by atoms with van der Waals surface area (Å²) in [7, 11) is 0. The molecule has 0 amide bonds. The number of hydrogen-bond donors (Lipinski definition) is 0. The molecule has 0 aliphatic carbocycles. The molecule has 2 aliphatic rings. The molecule has 96 valence electrons. The second kappa shape index (κ2) is 4.39. The first-order chi connectivity index (χ1) is 9.33. The predicted octanol–water partition coefficient (Wildman–Crippen LogP) is 4.47. The van der Waals surface area contributed by atoms with Crippen LogP contribution in [0, 0.1) is 6.92 Å². The lowest BCUT2D eigenvalue weighted by molar-refractivity contribution is 0.644. The number of hydrogen-bond acceptors (Lipinski definition) is 4. The van der Waals surface area contributed by atoms with Crippen molar-refractivity contribution in [3.8, 4) is 0 Å². The Labute approximate surface area is 121 Å². The van der Waals surface area contributed by atoms with Gasteiger partial charge in [0.1, 0.15) is 0 Å². The first kappa shape index (κ1) is 11.6. The van der Waals surface area contributed by atoms with E-state index in [1.807, 2.05) is 23.1 Å². The molecule has 4 rings (SSSR count). The van der Waals surface area contributed by atoms with E-state index in [0.29, 0.717) is 6.04 Å². The number of thiophene rings is 1. The van der Waals surface area contributed by atoms with Crippen LogP contribution in [0.4, 0.5) is 5.69 Å². The molecule has 1 aromatic carbocycles. The van der Waals surface area contributed by atoms with Gasteiger partial charge in [0, 0.05) is 16.3 Å². The highest BCUT2D eigenvalue weighted by Gasteiger charge is 2.31. The van der Waals surface area contributed by atoms with Crippen LogP contribution in [0.1, 0.15) is 22.9 Å². The van der Waals surface area contributed by atoms with Crippen molar-refractivity contribution >= 4 is 34.0 Å². The second-order valence-corrected chi connectivity index (χ2v) is 6.86. The van der Waals surface area contributed by atoms with Crippen LogP contribution in [0.3, 0.4) is 0 Å².